The van der Waals surface area contributed by atoms with Crippen molar-refractivity contribution in [1.29, 1.82) is 0 Å². The average Bonchev–Trinajstić information content (AvgIpc) is 2.41. The Morgan fingerprint density at radius 3 is 1.94 bits per heavy atom. The maximum Gasteiger partial charge on any atom is -1.00 e. The van der Waals surface area contributed by atoms with Crippen molar-refractivity contribution in [3.63, 3.8) is 0 Å². The summed E-state index contributed by atoms with van der Waals surface area (Å²) in [5.74, 6) is 0.571. The third kappa shape index (κ3) is 4.06. The van der Waals surface area contributed by atoms with Crippen LogP contribution >= 0.6 is 0 Å². The number of amides is 1. The van der Waals surface area contributed by atoms with Crippen LogP contribution in [0.2, 0.25) is 13.1 Å². The Hall–Kier alpha value is 0.630. The van der Waals surface area contributed by atoms with Gasteiger partial charge in [-0.1, -0.05) is 0 Å². The van der Waals surface area contributed by atoms with Gasteiger partial charge in [0.15, 0.2) is 0 Å². The number of hydrogen-bond acceptors (Lipinski definition) is 1. The first-order valence-electron chi connectivity index (χ1n) is 5.68. The number of halogens is 2. The normalized spacial score (nSPS) is 17.5. The standard InChI is InChI=1S/C9H13.C2H6Si.CH3NO.2ClH.Zr/c1-6-5-7(2)9(4)8(6)3;1-3-2;2-1-3;;;/h6H,1-4H3;1-2H3;1H,(H2,2,3);2*1H;/q;;;;;+3/p-3. The number of hydrogen-bond donors (Lipinski definition) is 1. The molecule has 0 heterocycles. The maximum absolute atomic E-state index is 10.8. The first-order valence-corrected chi connectivity index (χ1v) is 14.3. The van der Waals surface area contributed by atoms with Crippen molar-refractivity contribution in [2.45, 2.75) is 40.8 Å². The predicted molar refractivity (Wildman–Crippen MR) is 66.9 cm³/mol. The fraction of sp³-hybridized carbons (Fsp3) is 0.583. The first-order chi connectivity index (χ1) is 7.41. The Bertz CT molecular complexity index is 423. The zero-order chi connectivity index (χ0) is 12.5. The van der Waals surface area contributed by atoms with Gasteiger partial charge in [0.2, 0.25) is 0 Å². The molecule has 1 atom stereocenters. The number of carbonyl (C=O) groups excluding carboxylic acids is 1. The van der Waals surface area contributed by atoms with E-state index in [1.807, 2.05) is 0 Å². The monoisotopic (exact) mass is 383 g/mol. The van der Waals surface area contributed by atoms with Crippen molar-refractivity contribution in [2.24, 2.45) is 5.92 Å². The van der Waals surface area contributed by atoms with Crippen LogP contribution < -0.4 is 28.1 Å². The van der Waals surface area contributed by atoms with E-state index in [9.17, 15) is 4.79 Å². The van der Waals surface area contributed by atoms with E-state index in [2.05, 4.69) is 44.0 Å². The van der Waals surface area contributed by atoms with Crippen LogP contribution in [0.5, 0.6) is 0 Å². The van der Waals surface area contributed by atoms with Gasteiger partial charge in [0, 0.05) is 0 Å². The zero-order valence-electron chi connectivity index (χ0n) is 11.8. The molecule has 0 saturated heterocycles. The van der Waals surface area contributed by atoms with E-state index in [-0.39, 0.29) is 30.2 Å². The summed E-state index contributed by atoms with van der Waals surface area (Å²) in [7, 11) is 0. The van der Waals surface area contributed by atoms with Gasteiger partial charge >= 0.3 is 107 Å². The van der Waals surface area contributed by atoms with Gasteiger partial charge in [-0.15, -0.1) is 0 Å². The molecule has 0 saturated carbocycles. The molecule has 0 aromatic heterocycles. The van der Waals surface area contributed by atoms with Gasteiger partial charge in [-0.25, -0.2) is 0 Å². The molecule has 1 aliphatic rings. The van der Waals surface area contributed by atoms with Crippen LogP contribution in [0.15, 0.2) is 20.0 Å². The average molecular weight is 386 g/mol. The van der Waals surface area contributed by atoms with Crippen LogP contribution in [0.4, 0.5) is 0 Å². The second-order valence-electron chi connectivity index (χ2n) is 4.71. The molecule has 0 aromatic rings. The van der Waals surface area contributed by atoms with Gasteiger partial charge in [-0.3, -0.25) is 0 Å². The summed E-state index contributed by atoms with van der Waals surface area (Å²) in [5, 5.41) is 0. The Kier molecular flexibility index (Phi) is 10.2. The fourth-order valence-electron chi connectivity index (χ4n) is 2.32. The maximum atomic E-state index is 10.8. The van der Waals surface area contributed by atoms with Crippen LogP contribution in [0, 0.1) is 5.92 Å². The summed E-state index contributed by atoms with van der Waals surface area (Å²) in [6, 6.07) is 0. The minimum Gasteiger partial charge on any atom is -1.00 e. The van der Waals surface area contributed by atoms with E-state index in [0.29, 0.717) is 5.92 Å². The smallest absolute Gasteiger partial charge is 1.00 e. The summed E-state index contributed by atoms with van der Waals surface area (Å²) < 4.78 is 4.83. The van der Waals surface area contributed by atoms with Crippen LogP contribution in [-0.4, -0.2) is 11.8 Å². The Balaban J connectivity index is 0. The summed E-state index contributed by atoms with van der Waals surface area (Å²) in [4.78, 5) is 10.8. The molecule has 6 heteroatoms. The molecule has 1 unspecified atom stereocenters. The molecule has 0 spiro atoms. The number of nitrogens with one attached hydrogen (secondary N) is 1. The van der Waals surface area contributed by atoms with Gasteiger partial charge in [0.05, 0.1) is 0 Å². The van der Waals surface area contributed by atoms with Gasteiger partial charge in [-0.2, -0.15) is 0 Å². The molecular weight excluding hydrogens is 364 g/mol. The van der Waals surface area contributed by atoms with Crippen molar-refractivity contribution in [3.05, 3.63) is 20.0 Å². The quantitative estimate of drug-likeness (QED) is 0.402. The van der Waals surface area contributed by atoms with Crippen LogP contribution in [0.25, 0.3) is 0 Å². The molecule has 102 valence electrons. The molecule has 1 aliphatic carbocycles. The topological polar surface area (TPSA) is 29.1 Å². The third-order valence-electron chi connectivity index (χ3n) is 3.61. The molecule has 0 radical (unpaired) electrons. The second kappa shape index (κ2) is 8.73. The van der Waals surface area contributed by atoms with Crippen LogP contribution in [-0.2, 0) is 25.5 Å². The fourth-order valence-corrected chi connectivity index (χ4v) is 15.6. The van der Waals surface area contributed by atoms with Gasteiger partial charge in [0.25, 0.3) is 0 Å². The third-order valence-corrected chi connectivity index (χ3v) is 18.7. The number of allylic oxidation sites excluding steroid dienone is 4. The summed E-state index contributed by atoms with van der Waals surface area (Å²) >= 11 is -1.85. The summed E-state index contributed by atoms with van der Waals surface area (Å²) in [5.41, 5.74) is 4.07. The molecule has 0 aliphatic heterocycles. The number of carbonyl (C=O) groups is 1. The number of rotatable bonds is 3. The van der Waals surface area contributed by atoms with E-state index >= 15 is 0 Å². The van der Waals surface area contributed by atoms with Gasteiger partial charge in [0.1, 0.15) is 0 Å². The van der Waals surface area contributed by atoms with Crippen molar-refractivity contribution >= 4 is 11.8 Å². The van der Waals surface area contributed by atoms with Crippen molar-refractivity contribution in [1.82, 2.24) is 3.26 Å². The molecule has 0 aromatic carbocycles. The van der Waals surface area contributed by atoms with Gasteiger partial charge < -0.3 is 24.8 Å². The Labute approximate surface area is 131 Å². The summed E-state index contributed by atoms with van der Waals surface area (Å²) in [6.07, 6.45) is 0.933. The predicted octanol–water partition coefficient (Wildman–Crippen LogP) is -3.22. The molecule has 0 bridgehead atoms. The van der Waals surface area contributed by atoms with Gasteiger partial charge in [-0.05, 0) is 0 Å². The molecule has 2 nitrogen and oxygen atoms in total. The molecule has 1 rings (SSSR count). The van der Waals surface area contributed by atoms with E-state index in [1.165, 1.54) is 16.7 Å². The van der Waals surface area contributed by atoms with Crippen LogP contribution in [0.1, 0.15) is 27.7 Å². The van der Waals surface area contributed by atoms with E-state index in [1.54, 1.807) is 3.28 Å². The largest absolute Gasteiger partial charge is 1.00 e. The molecular formula is C12H21Cl2NOSiZr. The Morgan fingerprint density at radius 1 is 1.17 bits per heavy atom. The van der Waals surface area contributed by atoms with E-state index in [0.717, 1.165) is 6.41 Å². The molecule has 18 heavy (non-hydrogen) atoms. The first kappa shape index (κ1) is 20.9. The Morgan fingerprint density at radius 2 is 1.67 bits per heavy atom. The van der Waals surface area contributed by atoms with Crippen molar-refractivity contribution < 1.29 is 50.3 Å². The minimum absolute atomic E-state index is 0. The molecule has 0 fully saturated rings. The van der Waals surface area contributed by atoms with E-state index in [4.69, 9.17) is 0 Å². The zero-order valence-corrected chi connectivity index (χ0v) is 16.8. The second-order valence-corrected chi connectivity index (χ2v) is 20.9. The summed E-state index contributed by atoms with van der Waals surface area (Å²) in [6.45, 7) is 13.7. The molecule has 1 N–H and O–H groups in total. The molecule has 1 amide bonds. The van der Waals surface area contributed by atoms with Crippen molar-refractivity contribution in [3.8, 4) is 0 Å². The minimum atomic E-state index is -1.85. The van der Waals surface area contributed by atoms with E-state index < -0.39 is 20.7 Å². The van der Waals surface area contributed by atoms with Crippen LogP contribution in [0.3, 0.4) is 0 Å². The SMILES string of the molecule is CC1=C(C)C(C)[C]([Zr+2]([NH]C=O)=[Si](C)C)=C1C.[Cl-].[Cl-]. The van der Waals surface area contributed by atoms with Crippen molar-refractivity contribution in [2.75, 3.05) is 0 Å².